The molecule has 0 saturated carbocycles. The number of nitrogens with zero attached hydrogens (tertiary/aromatic N) is 2. The van der Waals surface area contributed by atoms with Gasteiger partial charge in [-0.2, -0.15) is 0 Å². The van der Waals surface area contributed by atoms with Crippen LogP contribution in [0.2, 0.25) is 5.02 Å². The van der Waals surface area contributed by atoms with Crippen molar-refractivity contribution in [3.63, 3.8) is 0 Å². The van der Waals surface area contributed by atoms with Crippen LogP contribution in [0.4, 0.5) is 10.1 Å². The smallest absolute Gasteiger partial charge is 0.264 e. The van der Waals surface area contributed by atoms with Gasteiger partial charge in [-0.3, -0.25) is 13.9 Å². The van der Waals surface area contributed by atoms with Crippen LogP contribution in [-0.2, 0) is 26.2 Å². The zero-order chi connectivity index (χ0) is 29.3. The van der Waals surface area contributed by atoms with Gasteiger partial charge in [0, 0.05) is 23.7 Å². The predicted octanol–water partition coefficient (Wildman–Crippen LogP) is 5.02. The second kappa shape index (κ2) is 14.1. The molecule has 1 N–H and O–H groups in total. The maximum absolute atomic E-state index is 14.6. The fraction of sp³-hybridized carbons (Fsp3) is 0.310. The number of hydrogen-bond acceptors (Lipinski definition) is 5. The summed E-state index contributed by atoms with van der Waals surface area (Å²) in [4.78, 5) is 27.9. The van der Waals surface area contributed by atoms with Gasteiger partial charge in [0.05, 0.1) is 17.2 Å². The molecule has 3 rings (SSSR count). The highest BCUT2D eigenvalue weighted by molar-refractivity contribution is 7.92. The van der Waals surface area contributed by atoms with Gasteiger partial charge in [-0.1, -0.05) is 48.9 Å². The number of halogens is 2. The molecule has 40 heavy (non-hydrogen) atoms. The van der Waals surface area contributed by atoms with Gasteiger partial charge in [0.15, 0.2) is 0 Å². The number of hydrogen-bond donors (Lipinski definition) is 1. The van der Waals surface area contributed by atoms with Crippen LogP contribution in [-0.4, -0.2) is 50.9 Å². The minimum atomic E-state index is -4.31. The molecule has 11 heteroatoms. The third-order valence-corrected chi connectivity index (χ3v) is 8.16. The Bertz CT molecular complexity index is 1420. The summed E-state index contributed by atoms with van der Waals surface area (Å²) in [6, 6.07) is 16.9. The number of sulfonamides is 1. The molecule has 214 valence electrons. The zero-order valence-electron chi connectivity index (χ0n) is 22.6. The summed E-state index contributed by atoms with van der Waals surface area (Å²) in [7, 11) is -4.31. The summed E-state index contributed by atoms with van der Waals surface area (Å²) in [5, 5.41) is 3.10. The molecule has 0 fully saturated rings. The van der Waals surface area contributed by atoms with Crippen molar-refractivity contribution in [3.8, 4) is 5.75 Å². The van der Waals surface area contributed by atoms with Gasteiger partial charge < -0.3 is 15.0 Å². The van der Waals surface area contributed by atoms with Crippen molar-refractivity contribution in [3.05, 3.63) is 89.2 Å². The Kier molecular flexibility index (Phi) is 10.9. The van der Waals surface area contributed by atoms with E-state index in [9.17, 15) is 22.4 Å². The molecule has 0 aliphatic rings. The van der Waals surface area contributed by atoms with Gasteiger partial charge in [0.1, 0.15) is 24.2 Å². The minimum absolute atomic E-state index is 0.0922. The van der Waals surface area contributed by atoms with Crippen LogP contribution >= 0.6 is 11.6 Å². The number of carbonyl (C=O) groups is 2. The van der Waals surface area contributed by atoms with E-state index in [4.69, 9.17) is 16.3 Å². The molecule has 0 unspecified atom stereocenters. The van der Waals surface area contributed by atoms with Gasteiger partial charge in [0.25, 0.3) is 10.0 Å². The van der Waals surface area contributed by atoms with E-state index in [0.717, 1.165) is 4.31 Å². The van der Waals surface area contributed by atoms with Gasteiger partial charge in [-0.05, 0) is 62.7 Å². The second-order valence-corrected chi connectivity index (χ2v) is 11.2. The van der Waals surface area contributed by atoms with E-state index in [-0.39, 0.29) is 35.0 Å². The Morgan fingerprint density at radius 3 is 2.30 bits per heavy atom. The number of para-hydroxylation sites is 2. The maximum atomic E-state index is 14.6. The van der Waals surface area contributed by atoms with Gasteiger partial charge in [-0.15, -0.1) is 0 Å². The first-order valence-corrected chi connectivity index (χ1v) is 14.7. The van der Waals surface area contributed by atoms with Gasteiger partial charge >= 0.3 is 0 Å². The molecule has 0 spiro atoms. The van der Waals surface area contributed by atoms with Crippen LogP contribution in [0.25, 0.3) is 0 Å². The maximum Gasteiger partial charge on any atom is 0.264 e. The largest absolute Gasteiger partial charge is 0.492 e. The fourth-order valence-electron chi connectivity index (χ4n) is 3.98. The van der Waals surface area contributed by atoms with Crippen LogP contribution < -0.4 is 14.4 Å². The molecule has 2 amide bonds. The lowest BCUT2D eigenvalue weighted by atomic mass is 10.1. The highest BCUT2D eigenvalue weighted by Gasteiger charge is 2.34. The van der Waals surface area contributed by atoms with E-state index >= 15 is 0 Å². The number of nitrogens with one attached hydrogen (secondary N) is 1. The Hall–Kier alpha value is -3.63. The first-order valence-electron chi connectivity index (χ1n) is 12.9. The van der Waals surface area contributed by atoms with Crippen LogP contribution in [0.3, 0.4) is 0 Å². The van der Waals surface area contributed by atoms with Crippen LogP contribution in [0.15, 0.2) is 77.7 Å². The first kappa shape index (κ1) is 30.9. The monoisotopic (exact) mass is 589 g/mol. The third kappa shape index (κ3) is 7.51. The van der Waals surface area contributed by atoms with Gasteiger partial charge in [0.2, 0.25) is 11.8 Å². The standard InChI is InChI=1S/C29H33ClFN3O5S/c1-4-18-32-29(36)21(3)33(19-22-10-6-7-11-25(22)31)28(35)20-34(26-12-8-9-13-27(26)39-5-2)40(37,38)24-16-14-23(30)15-17-24/h6-17,21H,4-5,18-20H2,1-3H3,(H,32,36)/t21-/m0/s1. The molecule has 8 nitrogen and oxygen atoms in total. The second-order valence-electron chi connectivity index (χ2n) is 8.95. The van der Waals surface area contributed by atoms with Crippen molar-refractivity contribution in [1.82, 2.24) is 10.2 Å². The average Bonchev–Trinajstić information content (AvgIpc) is 2.94. The summed E-state index contributed by atoms with van der Waals surface area (Å²) < 4.78 is 49.1. The zero-order valence-corrected chi connectivity index (χ0v) is 24.2. The lowest BCUT2D eigenvalue weighted by Gasteiger charge is -2.32. The number of ether oxygens (including phenoxy) is 1. The minimum Gasteiger partial charge on any atom is -0.492 e. The number of benzene rings is 3. The van der Waals surface area contributed by atoms with Crippen molar-refractivity contribution in [1.29, 1.82) is 0 Å². The Morgan fingerprint density at radius 2 is 1.65 bits per heavy atom. The Labute approximate surface area is 239 Å². The molecule has 1 atom stereocenters. The number of amides is 2. The van der Waals surface area contributed by atoms with Crippen LogP contribution in [0, 0.1) is 5.82 Å². The summed E-state index contributed by atoms with van der Waals surface area (Å²) >= 11 is 5.98. The lowest BCUT2D eigenvalue weighted by Crippen LogP contribution is -2.51. The molecule has 0 saturated heterocycles. The molecule has 0 heterocycles. The summed E-state index contributed by atoms with van der Waals surface area (Å²) in [5.74, 6) is -1.43. The van der Waals surface area contributed by atoms with Crippen molar-refractivity contribution < 1.29 is 27.1 Å². The predicted molar refractivity (Wildman–Crippen MR) is 153 cm³/mol. The topological polar surface area (TPSA) is 96.0 Å². The molecular formula is C29H33ClFN3O5S. The normalized spacial score (nSPS) is 11.9. The van der Waals surface area contributed by atoms with Crippen molar-refractivity contribution in [2.75, 3.05) is 24.0 Å². The van der Waals surface area contributed by atoms with E-state index < -0.39 is 40.2 Å². The van der Waals surface area contributed by atoms with Crippen molar-refractivity contribution in [2.24, 2.45) is 0 Å². The van der Waals surface area contributed by atoms with Crippen LogP contribution in [0.1, 0.15) is 32.8 Å². The quantitative estimate of drug-likeness (QED) is 0.302. The average molecular weight is 590 g/mol. The molecular weight excluding hydrogens is 557 g/mol. The van der Waals surface area contributed by atoms with E-state index in [0.29, 0.717) is 18.0 Å². The highest BCUT2D eigenvalue weighted by atomic mass is 35.5. The summed E-state index contributed by atoms with van der Waals surface area (Å²) in [6.07, 6.45) is 0.682. The molecule has 0 bridgehead atoms. The highest BCUT2D eigenvalue weighted by Crippen LogP contribution is 2.33. The van der Waals surface area contributed by atoms with E-state index in [1.54, 1.807) is 31.2 Å². The molecule has 0 aliphatic heterocycles. The molecule has 0 aromatic heterocycles. The lowest BCUT2D eigenvalue weighted by molar-refractivity contribution is -0.139. The number of rotatable bonds is 13. The Balaban J connectivity index is 2.08. The molecule has 3 aromatic carbocycles. The first-order chi connectivity index (χ1) is 19.1. The number of anilines is 1. The SMILES string of the molecule is CCCNC(=O)[C@H](C)N(Cc1ccccc1F)C(=O)CN(c1ccccc1OCC)S(=O)(=O)c1ccc(Cl)cc1. The van der Waals surface area contributed by atoms with Crippen LogP contribution in [0.5, 0.6) is 5.75 Å². The van der Waals surface area contributed by atoms with Crippen molar-refractivity contribution in [2.45, 2.75) is 44.7 Å². The summed E-state index contributed by atoms with van der Waals surface area (Å²) in [5.41, 5.74) is 0.328. The fourth-order valence-corrected chi connectivity index (χ4v) is 5.53. The molecule has 0 radical (unpaired) electrons. The van der Waals surface area contributed by atoms with E-state index in [1.165, 1.54) is 60.4 Å². The van der Waals surface area contributed by atoms with E-state index in [2.05, 4.69) is 5.32 Å². The number of carbonyl (C=O) groups excluding carboxylic acids is 2. The van der Waals surface area contributed by atoms with Crippen molar-refractivity contribution >= 4 is 39.1 Å². The Morgan fingerprint density at radius 1 is 1.00 bits per heavy atom. The van der Waals surface area contributed by atoms with E-state index in [1.807, 2.05) is 6.92 Å². The van der Waals surface area contributed by atoms with Gasteiger partial charge in [-0.25, -0.2) is 12.8 Å². The summed E-state index contributed by atoms with van der Waals surface area (Å²) in [6.45, 7) is 4.91. The molecule has 3 aromatic rings. The molecule has 0 aliphatic carbocycles. The third-order valence-electron chi connectivity index (χ3n) is 6.13.